The Balaban J connectivity index is 0. The van der Waals surface area contributed by atoms with Crippen LogP contribution in [0, 0.1) is 11.8 Å². The first-order valence-electron chi connectivity index (χ1n) is 7.45. The molecule has 0 spiro atoms. The van der Waals surface area contributed by atoms with Crippen molar-refractivity contribution in [2.24, 2.45) is 11.8 Å². The van der Waals surface area contributed by atoms with Gasteiger partial charge in [0.25, 0.3) is 0 Å². The fourth-order valence-corrected chi connectivity index (χ4v) is 2.64. The average molecular weight is 327 g/mol. The topological polar surface area (TPSA) is 54.4 Å². The van der Waals surface area contributed by atoms with Crippen LogP contribution in [-0.2, 0) is 9.59 Å². The first-order chi connectivity index (χ1) is 9.02. The fourth-order valence-electron chi connectivity index (χ4n) is 2.42. The number of hydrogen-bond acceptors (Lipinski definition) is 2. The number of carbonyl (C=O) groups is 2. The summed E-state index contributed by atoms with van der Waals surface area (Å²) in [5, 5.41) is 8.38. The van der Waals surface area contributed by atoms with E-state index in [1.807, 2.05) is 0 Å². The minimum absolute atomic E-state index is 0. The molecule has 5 heteroatoms. The molecule has 0 bridgehead atoms. The molecular weight excluding hydrogens is 299 g/mol. The molecule has 1 saturated carbocycles. The molecule has 0 unspecified atom stereocenters. The molecule has 1 rings (SSSR count). The second-order valence-corrected chi connectivity index (χ2v) is 5.62. The van der Waals surface area contributed by atoms with Gasteiger partial charge in [0.05, 0.1) is 5.92 Å². The molecule has 0 atom stereocenters. The predicted molar refractivity (Wildman–Crippen MR) is 85.6 cm³/mol. The Morgan fingerprint density at radius 2 is 1.55 bits per heavy atom. The molecule has 0 saturated heterocycles. The zero-order valence-corrected chi connectivity index (χ0v) is 14.1. The Morgan fingerprint density at radius 3 is 1.80 bits per heavy atom. The molecule has 1 N–H and O–H groups in total. The van der Waals surface area contributed by atoms with Crippen LogP contribution in [0.4, 0.5) is 0 Å². The van der Waals surface area contributed by atoms with E-state index in [0.29, 0.717) is 0 Å². The summed E-state index contributed by atoms with van der Waals surface area (Å²) in [7, 11) is 0. The summed E-state index contributed by atoms with van der Waals surface area (Å²) >= 11 is 5.36. The van der Waals surface area contributed by atoms with E-state index >= 15 is 0 Å². The van der Waals surface area contributed by atoms with Crippen LogP contribution in [-0.4, -0.2) is 16.3 Å². The van der Waals surface area contributed by atoms with E-state index in [1.165, 1.54) is 6.42 Å². The average Bonchev–Trinajstić information content (AvgIpc) is 2.40. The van der Waals surface area contributed by atoms with Gasteiger partial charge >= 0.3 is 5.97 Å². The van der Waals surface area contributed by atoms with Crippen molar-refractivity contribution in [2.45, 2.75) is 71.6 Å². The summed E-state index contributed by atoms with van der Waals surface area (Å²) in [5.74, 6) is -0.523. The minimum atomic E-state index is -0.602. The molecule has 0 aromatic heterocycles. The third-order valence-corrected chi connectivity index (χ3v) is 3.86. The van der Waals surface area contributed by atoms with Crippen LogP contribution in [0.2, 0.25) is 0 Å². The molecule has 1 fully saturated rings. The van der Waals surface area contributed by atoms with Gasteiger partial charge in [0.1, 0.15) is 0 Å². The van der Waals surface area contributed by atoms with Crippen molar-refractivity contribution >= 4 is 35.2 Å². The van der Waals surface area contributed by atoms with Crippen LogP contribution in [0.3, 0.4) is 0 Å². The van der Waals surface area contributed by atoms with Gasteiger partial charge in [-0.15, -0.1) is 12.4 Å². The van der Waals surface area contributed by atoms with Gasteiger partial charge < -0.3 is 5.11 Å². The largest absolute Gasteiger partial charge is 0.481 e. The normalized spacial score (nSPS) is 15.0. The summed E-state index contributed by atoms with van der Waals surface area (Å²) in [6.45, 7) is 4.14. The van der Waals surface area contributed by atoms with Gasteiger partial charge in [0.2, 0.25) is 5.24 Å². The summed E-state index contributed by atoms with van der Waals surface area (Å²) in [6.07, 6.45) is 9.21. The lowest BCUT2D eigenvalue weighted by Gasteiger charge is -2.16. The Labute approximate surface area is 133 Å². The number of halogens is 2. The Morgan fingerprint density at radius 1 is 1.10 bits per heavy atom. The molecule has 3 nitrogen and oxygen atoms in total. The molecule has 0 radical (unpaired) electrons. The quantitative estimate of drug-likeness (QED) is 0.695. The number of rotatable bonds is 6. The van der Waals surface area contributed by atoms with Crippen molar-refractivity contribution < 1.29 is 14.7 Å². The molecular formula is C15H28Cl2O3. The monoisotopic (exact) mass is 326 g/mol. The number of aliphatic carboxylic acids is 1. The lowest BCUT2D eigenvalue weighted by atomic mass is 9.90. The maximum Gasteiger partial charge on any atom is 0.306 e. The van der Waals surface area contributed by atoms with E-state index in [-0.39, 0.29) is 29.5 Å². The van der Waals surface area contributed by atoms with Crippen LogP contribution < -0.4 is 0 Å². The zero-order valence-electron chi connectivity index (χ0n) is 12.6. The predicted octanol–water partition coefficient (Wildman–Crippen LogP) is 5.04. The van der Waals surface area contributed by atoms with Gasteiger partial charge in [-0.05, 0) is 37.3 Å². The standard InChI is InChI=1S/C8H15ClO.C7H12O2.ClH/c1-3-5-7(6-4-2)8(9)10;8-7(9)6-4-2-1-3-5-6;/h7H,3-6H2,1-2H3;6H,1-5H2,(H,8,9);1H. The maximum absolute atomic E-state index is 10.7. The second-order valence-electron chi connectivity index (χ2n) is 5.25. The Hall–Kier alpha value is -0.280. The summed E-state index contributed by atoms with van der Waals surface area (Å²) in [4.78, 5) is 21.0. The van der Waals surface area contributed by atoms with Crippen LogP contribution in [0.25, 0.3) is 0 Å². The van der Waals surface area contributed by atoms with Crippen LogP contribution in [0.15, 0.2) is 0 Å². The molecule has 0 aromatic rings. The highest BCUT2D eigenvalue weighted by molar-refractivity contribution is 6.63. The second kappa shape index (κ2) is 13.7. The maximum atomic E-state index is 10.7. The van der Waals surface area contributed by atoms with Gasteiger partial charge in [-0.1, -0.05) is 46.0 Å². The molecule has 0 heterocycles. The molecule has 20 heavy (non-hydrogen) atoms. The molecule has 1 aliphatic carbocycles. The Kier molecular flexibility index (Phi) is 15.1. The van der Waals surface area contributed by atoms with E-state index in [9.17, 15) is 9.59 Å². The van der Waals surface area contributed by atoms with Crippen LogP contribution >= 0.6 is 24.0 Å². The van der Waals surface area contributed by atoms with Gasteiger partial charge in [0, 0.05) is 5.92 Å². The number of hydrogen-bond donors (Lipinski definition) is 1. The fraction of sp³-hybridized carbons (Fsp3) is 0.867. The van der Waals surface area contributed by atoms with Crippen molar-refractivity contribution in [1.29, 1.82) is 0 Å². The molecule has 120 valence electrons. The van der Waals surface area contributed by atoms with Crippen molar-refractivity contribution in [3.05, 3.63) is 0 Å². The van der Waals surface area contributed by atoms with Crippen molar-refractivity contribution in [3.63, 3.8) is 0 Å². The first kappa shape index (κ1) is 22.0. The first-order valence-corrected chi connectivity index (χ1v) is 7.82. The summed E-state index contributed by atoms with van der Waals surface area (Å²) < 4.78 is 0. The molecule has 0 amide bonds. The summed E-state index contributed by atoms with van der Waals surface area (Å²) in [5.41, 5.74) is 0. The highest BCUT2D eigenvalue weighted by atomic mass is 35.5. The van der Waals surface area contributed by atoms with E-state index in [4.69, 9.17) is 16.7 Å². The van der Waals surface area contributed by atoms with E-state index in [1.54, 1.807) is 0 Å². The van der Waals surface area contributed by atoms with Gasteiger partial charge in [-0.2, -0.15) is 0 Å². The van der Waals surface area contributed by atoms with Crippen molar-refractivity contribution in [2.75, 3.05) is 0 Å². The smallest absolute Gasteiger partial charge is 0.306 e. The number of carboxylic acid groups (broad SMARTS) is 1. The zero-order chi connectivity index (χ0) is 14.7. The van der Waals surface area contributed by atoms with Crippen molar-refractivity contribution in [1.82, 2.24) is 0 Å². The Bertz CT molecular complexity index is 258. The van der Waals surface area contributed by atoms with Crippen LogP contribution in [0.5, 0.6) is 0 Å². The lowest BCUT2D eigenvalue weighted by Crippen LogP contribution is -2.16. The lowest BCUT2D eigenvalue weighted by molar-refractivity contribution is -0.142. The third-order valence-electron chi connectivity index (χ3n) is 3.55. The molecule has 0 aromatic carbocycles. The highest BCUT2D eigenvalue weighted by Crippen LogP contribution is 2.23. The molecule has 0 aliphatic heterocycles. The third kappa shape index (κ3) is 10.5. The van der Waals surface area contributed by atoms with E-state index < -0.39 is 5.97 Å². The molecule has 1 aliphatic rings. The highest BCUT2D eigenvalue weighted by Gasteiger charge is 2.19. The number of carboxylic acids is 1. The van der Waals surface area contributed by atoms with Crippen LogP contribution in [0.1, 0.15) is 71.6 Å². The van der Waals surface area contributed by atoms with Crippen molar-refractivity contribution in [3.8, 4) is 0 Å². The minimum Gasteiger partial charge on any atom is -0.481 e. The number of carbonyl (C=O) groups excluding carboxylic acids is 1. The van der Waals surface area contributed by atoms with Gasteiger partial charge in [-0.3, -0.25) is 9.59 Å². The van der Waals surface area contributed by atoms with Gasteiger partial charge in [0.15, 0.2) is 0 Å². The summed E-state index contributed by atoms with van der Waals surface area (Å²) in [6, 6.07) is 0. The van der Waals surface area contributed by atoms with E-state index in [0.717, 1.165) is 51.4 Å². The van der Waals surface area contributed by atoms with E-state index in [2.05, 4.69) is 13.8 Å². The van der Waals surface area contributed by atoms with Gasteiger partial charge in [-0.25, -0.2) is 0 Å². The SMILES string of the molecule is CCCC(CCC)C(=O)Cl.Cl.O=C(O)C1CCCCC1.